The average molecular weight is 420 g/mol. The number of hydrogen-bond donors (Lipinski definition) is 1. The minimum Gasteiger partial charge on any atom is -0.494 e. The lowest BCUT2D eigenvalue weighted by Crippen LogP contribution is -2.14. The van der Waals surface area contributed by atoms with Gasteiger partial charge in [0.1, 0.15) is 5.75 Å². The Balaban J connectivity index is 1.70. The molecule has 0 atom stereocenters. The Morgan fingerprint density at radius 3 is 2.50 bits per heavy atom. The number of aromatic nitrogens is 3. The van der Waals surface area contributed by atoms with Gasteiger partial charge in [-0.25, -0.2) is 13.4 Å². The van der Waals surface area contributed by atoms with Gasteiger partial charge in [-0.3, -0.25) is 9.71 Å². The second-order valence-corrected chi connectivity index (χ2v) is 8.30. The number of sulfonamides is 1. The zero-order valence-corrected chi connectivity index (χ0v) is 17.3. The zero-order valence-electron chi connectivity index (χ0n) is 16.5. The van der Waals surface area contributed by atoms with E-state index < -0.39 is 10.0 Å². The molecule has 0 spiro atoms. The molecule has 2 aromatic heterocycles. The van der Waals surface area contributed by atoms with Gasteiger partial charge in [0, 0.05) is 30.2 Å². The third-order valence-electron chi connectivity index (χ3n) is 4.59. The van der Waals surface area contributed by atoms with Crippen LogP contribution in [-0.2, 0) is 10.0 Å². The highest BCUT2D eigenvalue weighted by Crippen LogP contribution is 2.31. The third-order valence-corrected chi connectivity index (χ3v) is 6.03. The third kappa shape index (κ3) is 3.90. The predicted octanol–water partition coefficient (Wildman–Crippen LogP) is 4.05. The van der Waals surface area contributed by atoms with Crippen LogP contribution < -0.4 is 9.46 Å². The lowest BCUT2D eigenvalue weighted by atomic mass is 10.1. The van der Waals surface area contributed by atoms with Crippen molar-refractivity contribution in [2.45, 2.75) is 11.8 Å². The van der Waals surface area contributed by atoms with Crippen molar-refractivity contribution < 1.29 is 13.2 Å². The molecule has 0 amide bonds. The number of nitrogens with zero attached hydrogens (tertiary/aromatic N) is 3. The Labute approximate surface area is 175 Å². The van der Waals surface area contributed by atoms with E-state index in [0.717, 1.165) is 16.9 Å². The molecule has 0 fully saturated rings. The number of hydrogen-bond acceptors (Lipinski definition) is 5. The quantitative estimate of drug-likeness (QED) is 0.509. The van der Waals surface area contributed by atoms with Crippen molar-refractivity contribution in [3.8, 4) is 22.6 Å². The number of nitrogens with one attached hydrogen (secondary N) is 1. The fraction of sp³-hybridized carbons (Fsp3) is 0.0909. The van der Waals surface area contributed by atoms with Gasteiger partial charge in [0.05, 0.1) is 35.4 Å². The number of anilines is 1. The van der Waals surface area contributed by atoms with Crippen LogP contribution in [0.5, 0.6) is 5.75 Å². The van der Waals surface area contributed by atoms with Gasteiger partial charge in [0.15, 0.2) is 0 Å². The number of aryl methyl sites for hydroxylation is 1. The van der Waals surface area contributed by atoms with Gasteiger partial charge < -0.3 is 9.30 Å². The van der Waals surface area contributed by atoms with Crippen molar-refractivity contribution in [2.75, 3.05) is 11.8 Å². The van der Waals surface area contributed by atoms with Crippen molar-refractivity contribution in [3.05, 3.63) is 85.2 Å². The Hall–Kier alpha value is -3.65. The highest BCUT2D eigenvalue weighted by Gasteiger charge is 2.20. The van der Waals surface area contributed by atoms with E-state index in [9.17, 15) is 8.42 Å². The SMILES string of the molecule is COc1cc(NS(=O)(=O)c2ccccc2-c2ccncc2)ccc1-n1cnc(C)c1. The van der Waals surface area contributed by atoms with Gasteiger partial charge in [-0.15, -0.1) is 0 Å². The summed E-state index contributed by atoms with van der Waals surface area (Å²) in [6.07, 6.45) is 6.82. The van der Waals surface area contributed by atoms with Crippen LogP contribution in [0, 0.1) is 6.92 Å². The number of benzene rings is 2. The summed E-state index contributed by atoms with van der Waals surface area (Å²) in [6, 6.07) is 15.5. The maximum atomic E-state index is 13.2. The number of imidazole rings is 1. The fourth-order valence-electron chi connectivity index (χ4n) is 3.19. The molecule has 1 N–H and O–H groups in total. The first-order chi connectivity index (χ1) is 14.5. The van der Waals surface area contributed by atoms with E-state index >= 15 is 0 Å². The maximum Gasteiger partial charge on any atom is 0.262 e. The summed E-state index contributed by atoms with van der Waals surface area (Å²) in [5.74, 6) is 0.523. The molecule has 7 nitrogen and oxygen atoms in total. The van der Waals surface area contributed by atoms with E-state index in [4.69, 9.17) is 4.74 Å². The van der Waals surface area contributed by atoms with Crippen LogP contribution in [0.1, 0.15) is 5.69 Å². The molecule has 30 heavy (non-hydrogen) atoms. The summed E-state index contributed by atoms with van der Waals surface area (Å²) < 4.78 is 36.3. The van der Waals surface area contributed by atoms with Crippen molar-refractivity contribution in [1.29, 1.82) is 0 Å². The molecular formula is C22H20N4O3S. The minimum absolute atomic E-state index is 0.185. The van der Waals surface area contributed by atoms with Crippen molar-refractivity contribution in [3.63, 3.8) is 0 Å². The van der Waals surface area contributed by atoms with Crippen molar-refractivity contribution in [2.24, 2.45) is 0 Å². The molecule has 2 heterocycles. The number of methoxy groups -OCH3 is 1. The summed E-state index contributed by atoms with van der Waals surface area (Å²) in [4.78, 5) is 8.40. The van der Waals surface area contributed by atoms with Gasteiger partial charge in [0.25, 0.3) is 10.0 Å². The number of rotatable bonds is 6. The monoisotopic (exact) mass is 420 g/mol. The second-order valence-electron chi connectivity index (χ2n) is 6.65. The molecule has 0 unspecified atom stereocenters. The van der Waals surface area contributed by atoms with Gasteiger partial charge in [-0.2, -0.15) is 0 Å². The van der Waals surface area contributed by atoms with Crippen LogP contribution in [0.4, 0.5) is 5.69 Å². The first kappa shape index (κ1) is 19.7. The standard InChI is InChI=1S/C22H20N4O3S/c1-16-14-26(15-24-16)20-8-7-18(13-21(20)29-2)25-30(27,28)22-6-4-3-5-19(22)17-9-11-23-12-10-17/h3-15,25H,1-2H3. The smallest absolute Gasteiger partial charge is 0.262 e. The molecule has 0 aliphatic rings. The van der Waals surface area contributed by atoms with Crippen LogP contribution in [0.25, 0.3) is 16.8 Å². The van der Waals surface area contributed by atoms with E-state index in [1.807, 2.05) is 17.7 Å². The summed E-state index contributed by atoms with van der Waals surface area (Å²) in [5, 5.41) is 0. The zero-order chi connectivity index (χ0) is 21.1. The molecule has 0 aliphatic heterocycles. The van der Waals surface area contributed by atoms with E-state index in [1.165, 1.54) is 0 Å². The number of ether oxygens (including phenoxy) is 1. The van der Waals surface area contributed by atoms with Crippen molar-refractivity contribution >= 4 is 15.7 Å². The highest BCUT2D eigenvalue weighted by atomic mass is 32.2. The Morgan fingerprint density at radius 2 is 1.80 bits per heavy atom. The topological polar surface area (TPSA) is 86.1 Å². The van der Waals surface area contributed by atoms with Crippen LogP contribution in [0.15, 0.2) is 84.4 Å². The average Bonchev–Trinajstić information content (AvgIpc) is 3.20. The highest BCUT2D eigenvalue weighted by molar-refractivity contribution is 7.92. The molecule has 0 aliphatic carbocycles. The van der Waals surface area contributed by atoms with E-state index in [0.29, 0.717) is 17.0 Å². The summed E-state index contributed by atoms with van der Waals surface area (Å²) in [7, 11) is -2.29. The normalized spacial score (nSPS) is 11.3. The van der Waals surface area contributed by atoms with Crippen LogP contribution >= 0.6 is 0 Å². The molecular weight excluding hydrogens is 400 g/mol. The number of pyridine rings is 1. The van der Waals surface area contributed by atoms with Gasteiger partial charge in [0.2, 0.25) is 0 Å². The van der Waals surface area contributed by atoms with Gasteiger partial charge >= 0.3 is 0 Å². The summed E-state index contributed by atoms with van der Waals surface area (Å²) >= 11 is 0. The Kier molecular flexibility index (Phi) is 5.24. The largest absolute Gasteiger partial charge is 0.494 e. The lowest BCUT2D eigenvalue weighted by molar-refractivity contribution is 0.413. The van der Waals surface area contributed by atoms with Crippen LogP contribution in [0.3, 0.4) is 0 Å². The maximum absolute atomic E-state index is 13.2. The van der Waals surface area contributed by atoms with Crippen LogP contribution in [0.2, 0.25) is 0 Å². The molecule has 4 aromatic rings. The van der Waals surface area contributed by atoms with Gasteiger partial charge in [-0.1, -0.05) is 18.2 Å². The molecule has 152 valence electrons. The summed E-state index contributed by atoms with van der Waals surface area (Å²) in [5.41, 5.74) is 3.41. The molecule has 2 aromatic carbocycles. The second kappa shape index (κ2) is 8.00. The first-order valence-corrected chi connectivity index (χ1v) is 10.7. The molecule has 0 radical (unpaired) electrons. The van der Waals surface area contributed by atoms with Crippen LogP contribution in [-0.4, -0.2) is 30.1 Å². The van der Waals surface area contributed by atoms with Crippen molar-refractivity contribution in [1.82, 2.24) is 14.5 Å². The Bertz CT molecular complexity index is 1280. The minimum atomic E-state index is -3.84. The van der Waals surface area contributed by atoms with E-state index in [-0.39, 0.29) is 4.90 Å². The first-order valence-electron chi connectivity index (χ1n) is 9.19. The van der Waals surface area contributed by atoms with Gasteiger partial charge in [-0.05, 0) is 42.8 Å². The molecule has 0 saturated heterocycles. The molecule has 8 heteroatoms. The molecule has 0 saturated carbocycles. The fourth-order valence-corrected chi connectivity index (χ4v) is 4.47. The lowest BCUT2D eigenvalue weighted by Gasteiger charge is -2.15. The molecule has 4 rings (SSSR count). The predicted molar refractivity (Wildman–Crippen MR) is 115 cm³/mol. The van der Waals surface area contributed by atoms with E-state index in [2.05, 4.69) is 14.7 Å². The molecule has 0 bridgehead atoms. The Morgan fingerprint density at radius 1 is 1.03 bits per heavy atom. The summed E-state index contributed by atoms with van der Waals surface area (Å²) in [6.45, 7) is 1.89. The van der Waals surface area contributed by atoms with E-state index in [1.54, 1.807) is 80.4 Å².